The quantitative estimate of drug-likeness (QED) is 0.444. The first-order valence-corrected chi connectivity index (χ1v) is 12.9. The maximum atomic E-state index is 13.4. The van der Waals surface area contributed by atoms with Crippen molar-refractivity contribution in [3.8, 4) is 5.69 Å². The van der Waals surface area contributed by atoms with Crippen LogP contribution in [0.3, 0.4) is 0 Å². The van der Waals surface area contributed by atoms with Gasteiger partial charge >= 0.3 is 0 Å². The summed E-state index contributed by atoms with van der Waals surface area (Å²) >= 11 is 0. The van der Waals surface area contributed by atoms with Crippen LogP contribution in [-0.2, 0) is 0 Å². The number of hydrogen-bond donors (Lipinski definition) is 0. The normalized spacial score (nSPS) is 19.1. The molecule has 188 valence electrons. The second-order valence-corrected chi connectivity index (χ2v) is 9.96. The van der Waals surface area contributed by atoms with Crippen molar-refractivity contribution in [2.75, 3.05) is 26.2 Å². The van der Waals surface area contributed by atoms with E-state index in [1.165, 1.54) is 12.1 Å². The van der Waals surface area contributed by atoms with Gasteiger partial charge in [-0.15, -0.1) is 0 Å². The highest BCUT2D eigenvalue weighted by molar-refractivity contribution is 5.98. The molecule has 0 radical (unpaired) electrons. The fraction of sp³-hybridized carbons (Fsp3) is 0.414. The molecule has 2 aliphatic rings. The number of Topliss-reactive ketones (excluding diaryl/α,β-unsaturated/α-hetero) is 1. The summed E-state index contributed by atoms with van der Waals surface area (Å²) in [5.41, 5.74) is 3.09. The van der Waals surface area contributed by atoms with Crippen LogP contribution in [-0.4, -0.2) is 63.5 Å². The first-order chi connectivity index (χ1) is 17.5. The molecule has 1 aromatic heterocycles. The SMILES string of the molecule is Cc1c(C(=O)N2CCC[C@H]2CCN2CCC(C(=O)c3ccc(F)cc3)CC2)cnn1-c1ccccc1. The molecular formula is C29H33FN4O2. The Morgan fingerprint density at radius 3 is 2.42 bits per heavy atom. The molecule has 3 heterocycles. The maximum absolute atomic E-state index is 13.4. The molecule has 1 atom stereocenters. The van der Waals surface area contributed by atoms with Gasteiger partial charge in [0.1, 0.15) is 5.82 Å². The van der Waals surface area contributed by atoms with E-state index in [4.69, 9.17) is 0 Å². The number of para-hydroxylation sites is 1. The van der Waals surface area contributed by atoms with Crippen LogP contribution >= 0.6 is 0 Å². The standard InChI is InChI=1S/C29H33FN4O2/c1-21-27(20-31-34(21)26-6-3-2-4-7-26)29(36)33-16-5-8-25(33)15-19-32-17-13-23(14-18-32)28(35)22-9-11-24(30)12-10-22/h2-4,6-7,9-12,20,23,25H,5,8,13-19H2,1H3/t25-/m0/s1. The third-order valence-corrected chi connectivity index (χ3v) is 7.74. The van der Waals surface area contributed by atoms with Crippen molar-refractivity contribution in [2.45, 2.75) is 45.1 Å². The van der Waals surface area contributed by atoms with Crippen LogP contribution in [0.2, 0.25) is 0 Å². The molecular weight excluding hydrogens is 455 g/mol. The minimum atomic E-state index is -0.319. The van der Waals surface area contributed by atoms with Crippen molar-refractivity contribution >= 4 is 11.7 Å². The van der Waals surface area contributed by atoms with E-state index in [1.807, 2.05) is 46.8 Å². The van der Waals surface area contributed by atoms with E-state index in [2.05, 4.69) is 10.00 Å². The van der Waals surface area contributed by atoms with E-state index < -0.39 is 0 Å². The number of ketones is 1. The highest BCUT2D eigenvalue weighted by atomic mass is 19.1. The summed E-state index contributed by atoms with van der Waals surface area (Å²) in [6.45, 7) is 5.42. The van der Waals surface area contributed by atoms with Gasteiger partial charge in [0.2, 0.25) is 0 Å². The van der Waals surface area contributed by atoms with E-state index in [0.29, 0.717) is 11.1 Å². The van der Waals surface area contributed by atoms with Gasteiger partial charge in [-0.1, -0.05) is 18.2 Å². The van der Waals surface area contributed by atoms with Crippen LogP contribution in [0.1, 0.15) is 58.5 Å². The average molecular weight is 489 g/mol. The molecule has 0 spiro atoms. The van der Waals surface area contributed by atoms with Gasteiger partial charge in [-0.3, -0.25) is 9.59 Å². The van der Waals surface area contributed by atoms with E-state index in [-0.39, 0.29) is 29.5 Å². The number of aromatic nitrogens is 2. The number of halogens is 1. The van der Waals surface area contributed by atoms with Crippen LogP contribution in [0.4, 0.5) is 4.39 Å². The monoisotopic (exact) mass is 488 g/mol. The predicted octanol–water partition coefficient (Wildman–Crippen LogP) is 4.91. The Morgan fingerprint density at radius 1 is 0.972 bits per heavy atom. The summed E-state index contributed by atoms with van der Waals surface area (Å²) in [5, 5.41) is 4.49. The smallest absolute Gasteiger partial charge is 0.257 e. The molecule has 36 heavy (non-hydrogen) atoms. The summed E-state index contributed by atoms with van der Waals surface area (Å²) < 4.78 is 15.0. The Labute approximate surface area is 211 Å². The number of piperidine rings is 1. The van der Waals surface area contributed by atoms with Crippen molar-refractivity contribution in [3.63, 3.8) is 0 Å². The molecule has 2 fully saturated rings. The molecule has 6 nitrogen and oxygen atoms in total. The van der Waals surface area contributed by atoms with E-state index in [0.717, 1.165) is 69.7 Å². The number of hydrogen-bond acceptors (Lipinski definition) is 4. The zero-order chi connectivity index (χ0) is 25.1. The number of carbonyl (C=O) groups is 2. The molecule has 7 heteroatoms. The largest absolute Gasteiger partial charge is 0.336 e. The van der Waals surface area contributed by atoms with Gasteiger partial charge in [-0.25, -0.2) is 9.07 Å². The molecule has 2 aromatic carbocycles. The van der Waals surface area contributed by atoms with Gasteiger partial charge in [0.05, 0.1) is 23.1 Å². The molecule has 2 saturated heterocycles. The van der Waals surface area contributed by atoms with Gasteiger partial charge in [-0.2, -0.15) is 5.10 Å². The van der Waals surface area contributed by atoms with Crippen LogP contribution in [0.5, 0.6) is 0 Å². The van der Waals surface area contributed by atoms with E-state index in [1.54, 1.807) is 18.3 Å². The summed E-state index contributed by atoms with van der Waals surface area (Å²) in [6, 6.07) is 16.0. The Balaban J connectivity index is 1.15. The van der Waals surface area contributed by atoms with Gasteiger partial charge < -0.3 is 9.80 Å². The number of likely N-dealkylation sites (tertiary alicyclic amines) is 2. The first-order valence-electron chi connectivity index (χ1n) is 12.9. The molecule has 0 N–H and O–H groups in total. The lowest BCUT2D eigenvalue weighted by molar-refractivity contribution is 0.0704. The van der Waals surface area contributed by atoms with E-state index in [9.17, 15) is 14.0 Å². The second-order valence-electron chi connectivity index (χ2n) is 9.96. The third-order valence-electron chi connectivity index (χ3n) is 7.74. The topological polar surface area (TPSA) is 58.4 Å². The fourth-order valence-corrected chi connectivity index (χ4v) is 5.61. The lowest BCUT2D eigenvalue weighted by Crippen LogP contribution is -2.41. The number of rotatable bonds is 7. The predicted molar refractivity (Wildman–Crippen MR) is 137 cm³/mol. The number of nitrogens with zero attached hydrogens (tertiary/aromatic N) is 4. The molecule has 0 bridgehead atoms. The molecule has 0 saturated carbocycles. The van der Waals surface area contributed by atoms with Crippen molar-refractivity contribution in [1.29, 1.82) is 0 Å². The molecule has 0 unspecified atom stereocenters. The van der Waals surface area contributed by atoms with Gasteiger partial charge in [0, 0.05) is 30.6 Å². The molecule has 0 aliphatic carbocycles. The summed E-state index contributed by atoms with van der Waals surface area (Å²) in [7, 11) is 0. The van der Waals surface area contributed by atoms with Gasteiger partial charge in [0.15, 0.2) is 5.78 Å². The Hall–Kier alpha value is -3.32. The molecule has 3 aromatic rings. The summed E-state index contributed by atoms with van der Waals surface area (Å²) in [6.07, 6.45) is 6.33. The highest BCUT2D eigenvalue weighted by Crippen LogP contribution is 2.27. The van der Waals surface area contributed by atoms with Crippen molar-refractivity contribution in [2.24, 2.45) is 5.92 Å². The minimum absolute atomic E-state index is 0.000365. The lowest BCUT2D eigenvalue weighted by Gasteiger charge is -2.33. The van der Waals surface area contributed by atoms with Crippen LogP contribution in [0, 0.1) is 18.7 Å². The second kappa shape index (κ2) is 10.7. The van der Waals surface area contributed by atoms with Crippen LogP contribution in [0.25, 0.3) is 5.69 Å². The molecule has 5 rings (SSSR count). The zero-order valence-corrected chi connectivity index (χ0v) is 20.8. The van der Waals surface area contributed by atoms with Crippen LogP contribution < -0.4 is 0 Å². The number of carbonyl (C=O) groups excluding carboxylic acids is 2. The maximum Gasteiger partial charge on any atom is 0.257 e. The molecule has 2 aliphatic heterocycles. The van der Waals surface area contributed by atoms with Crippen molar-refractivity contribution in [1.82, 2.24) is 19.6 Å². The van der Waals surface area contributed by atoms with Crippen LogP contribution in [0.15, 0.2) is 60.8 Å². The van der Waals surface area contributed by atoms with Crippen molar-refractivity contribution < 1.29 is 14.0 Å². The zero-order valence-electron chi connectivity index (χ0n) is 20.8. The summed E-state index contributed by atoms with van der Waals surface area (Å²) in [4.78, 5) is 30.7. The first kappa shape index (κ1) is 24.4. The molecule has 1 amide bonds. The number of benzene rings is 2. The Morgan fingerprint density at radius 2 is 1.69 bits per heavy atom. The van der Waals surface area contributed by atoms with Gasteiger partial charge in [0.25, 0.3) is 5.91 Å². The minimum Gasteiger partial charge on any atom is -0.336 e. The Kier molecular flexibility index (Phi) is 7.28. The fourth-order valence-electron chi connectivity index (χ4n) is 5.61. The van der Waals surface area contributed by atoms with Gasteiger partial charge in [-0.05, 0) is 88.5 Å². The number of amides is 1. The summed E-state index contributed by atoms with van der Waals surface area (Å²) in [5.74, 6) is -0.129. The highest BCUT2D eigenvalue weighted by Gasteiger charge is 2.32. The lowest BCUT2D eigenvalue weighted by atomic mass is 9.88. The Bertz CT molecular complexity index is 1200. The van der Waals surface area contributed by atoms with E-state index >= 15 is 0 Å². The average Bonchev–Trinajstić information content (AvgIpc) is 3.54. The third kappa shape index (κ3) is 5.12. The van der Waals surface area contributed by atoms with Crippen molar-refractivity contribution in [3.05, 3.63) is 83.4 Å².